The Balaban J connectivity index is 1.68. The second-order valence-electron chi connectivity index (χ2n) is 6.12. The van der Waals surface area contributed by atoms with E-state index < -0.39 is 0 Å². The summed E-state index contributed by atoms with van der Waals surface area (Å²) < 4.78 is 0.520. The molecule has 19 heavy (non-hydrogen) atoms. The lowest BCUT2D eigenvalue weighted by Crippen LogP contribution is -2.38. The van der Waals surface area contributed by atoms with E-state index in [0.717, 1.165) is 0 Å². The van der Waals surface area contributed by atoms with Crippen LogP contribution in [0.25, 0.3) is 0 Å². The van der Waals surface area contributed by atoms with Crippen molar-refractivity contribution in [1.29, 1.82) is 0 Å². The van der Waals surface area contributed by atoms with Gasteiger partial charge < -0.3 is 5.32 Å². The van der Waals surface area contributed by atoms with Gasteiger partial charge in [0.05, 0.1) is 0 Å². The molecule has 1 unspecified atom stereocenters. The van der Waals surface area contributed by atoms with Gasteiger partial charge in [0.2, 0.25) is 0 Å². The Hall–Kier alpha value is -0.470. The molecule has 104 valence electrons. The Labute approximate surface area is 121 Å². The maximum absolute atomic E-state index is 3.89. The van der Waals surface area contributed by atoms with Crippen LogP contribution in [0.4, 0.5) is 0 Å². The van der Waals surface area contributed by atoms with E-state index in [1.165, 1.54) is 51.5 Å². The van der Waals surface area contributed by atoms with Crippen LogP contribution in [-0.4, -0.2) is 17.5 Å². The summed E-state index contributed by atoms with van der Waals surface area (Å²) in [5.74, 6) is 0. The number of benzene rings is 1. The summed E-state index contributed by atoms with van der Waals surface area (Å²) in [6, 6.07) is 9.60. The number of thioether (sulfide) groups is 1. The Morgan fingerprint density at radius 2 is 2.00 bits per heavy atom. The van der Waals surface area contributed by atoms with Crippen LogP contribution in [0, 0.1) is 0 Å². The fraction of sp³-hybridized carbons (Fsp3) is 0.647. The molecule has 1 atom stereocenters. The van der Waals surface area contributed by atoms with Crippen molar-refractivity contribution in [3.8, 4) is 0 Å². The van der Waals surface area contributed by atoms with Crippen molar-refractivity contribution >= 4 is 11.8 Å². The molecule has 1 aromatic carbocycles. The first-order valence-corrected chi connectivity index (χ1v) is 8.92. The van der Waals surface area contributed by atoms with Gasteiger partial charge >= 0.3 is 0 Å². The highest BCUT2D eigenvalue weighted by Gasteiger charge is 2.33. The van der Waals surface area contributed by atoms with Crippen molar-refractivity contribution in [2.75, 3.05) is 12.8 Å². The molecule has 0 spiro atoms. The van der Waals surface area contributed by atoms with Crippen LogP contribution in [0.2, 0.25) is 0 Å². The molecule has 0 amide bonds. The lowest BCUT2D eigenvalue weighted by atomic mass is 9.87. The number of nitrogens with one attached hydrogen (secondary N) is 1. The Bertz CT molecular complexity index is 423. The van der Waals surface area contributed by atoms with Crippen LogP contribution >= 0.6 is 11.8 Å². The van der Waals surface area contributed by atoms with E-state index >= 15 is 0 Å². The van der Waals surface area contributed by atoms with E-state index in [0.29, 0.717) is 10.8 Å². The molecule has 1 aromatic rings. The molecule has 0 aliphatic heterocycles. The molecule has 1 fully saturated rings. The fourth-order valence-corrected chi connectivity index (χ4v) is 4.67. The van der Waals surface area contributed by atoms with Gasteiger partial charge in [-0.2, -0.15) is 11.8 Å². The summed E-state index contributed by atoms with van der Waals surface area (Å²) in [5.41, 5.74) is 3.12. The van der Waals surface area contributed by atoms with Crippen LogP contribution in [0.15, 0.2) is 24.3 Å². The number of hydrogen-bond acceptors (Lipinski definition) is 2. The van der Waals surface area contributed by atoms with Crippen molar-refractivity contribution in [3.05, 3.63) is 35.4 Å². The summed E-state index contributed by atoms with van der Waals surface area (Å²) in [6.45, 7) is 1.19. The van der Waals surface area contributed by atoms with Gasteiger partial charge in [-0.1, -0.05) is 37.1 Å². The zero-order valence-corrected chi connectivity index (χ0v) is 12.8. The Morgan fingerprint density at radius 1 is 1.21 bits per heavy atom. The first-order chi connectivity index (χ1) is 9.33. The average Bonchev–Trinajstić information content (AvgIpc) is 2.94. The molecule has 1 N–H and O–H groups in total. The van der Waals surface area contributed by atoms with Crippen molar-refractivity contribution < 1.29 is 0 Å². The van der Waals surface area contributed by atoms with Crippen molar-refractivity contribution in [3.63, 3.8) is 0 Å². The molecule has 2 aliphatic carbocycles. The fourth-order valence-electron chi connectivity index (χ4n) is 3.75. The lowest BCUT2D eigenvalue weighted by Gasteiger charge is -2.32. The molecule has 0 heterocycles. The predicted molar refractivity (Wildman–Crippen MR) is 84.8 cm³/mol. The minimum absolute atomic E-state index is 0.520. The summed E-state index contributed by atoms with van der Waals surface area (Å²) >= 11 is 2.09. The van der Waals surface area contributed by atoms with Gasteiger partial charge in [-0.05, 0) is 49.5 Å². The van der Waals surface area contributed by atoms with Crippen LogP contribution in [0.3, 0.4) is 0 Å². The maximum Gasteiger partial charge on any atom is 0.0323 e. The van der Waals surface area contributed by atoms with Crippen LogP contribution in [0.5, 0.6) is 0 Å². The smallest absolute Gasteiger partial charge is 0.0323 e. The molecular weight excluding hydrogens is 250 g/mol. The monoisotopic (exact) mass is 275 g/mol. The number of fused-ring (bicyclic) bond motifs is 1. The first kappa shape index (κ1) is 13.5. The largest absolute Gasteiger partial charge is 0.309 e. The van der Waals surface area contributed by atoms with Crippen molar-refractivity contribution in [2.45, 2.75) is 55.7 Å². The quantitative estimate of drug-likeness (QED) is 0.878. The Kier molecular flexibility index (Phi) is 4.18. The summed E-state index contributed by atoms with van der Waals surface area (Å²) in [7, 11) is 0. The molecule has 2 aliphatic rings. The van der Waals surface area contributed by atoms with Crippen LogP contribution in [-0.2, 0) is 6.42 Å². The SMILES string of the molecule is CSC1(CNC2CCCc3ccccc32)CCCC1. The minimum atomic E-state index is 0.520. The lowest BCUT2D eigenvalue weighted by molar-refractivity contribution is 0.423. The number of rotatable bonds is 4. The zero-order chi connectivity index (χ0) is 13.1. The molecule has 2 heteroatoms. The second kappa shape index (κ2) is 5.88. The molecule has 1 saturated carbocycles. The predicted octanol–water partition coefficient (Wildman–Crippen LogP) is 4.33. The maximum atomic E-state index is 3.89. The normalized spacial score (nSPS) is 25.2. The van der Waals surface area contributed by atoms with Crippen molar-refractivity contribution in [2.24, 2.45) is 0 Å². The highest BCUT2D eigenvalue weighted by molar-refractivity contribution is 8.00. The summed E-state index contributed by atoms with van der Waals surface area (Å²) in [4.78, 5) is 0. The van der Waals surface area contributed by atoms with Gasteiger partial charge in [0.15, 0.2) is 0 Å². The molecular formula is C17H25NS. The van der Waals surface area contributed by atoms with Crippen LogP contribution in [0.1, 0.15) is 55.7 Å². The highest BCUT2D eigenvalue weighted by Crippen LogP contribution is 2.40. The standard InChI is InChI=1S/C17H25NS/c1-19-17(11-4-5-12-17)13-18-16-10-6-8-14-7-2-3-9-15(14)16/h2-3,7,9,16,18H,4-6,8,10-13H2,1H3. The third-order valence-electron chi connectivity index (χ3n) is 4.99. The molecule has 0 radical (unpaired) electrons. The average molecular weight is 275 g/mol. The van der Waals surface area contributed by atoms with Gasteiger partial charge in [0, 0.05) is 17.3 Å². The van der Waals surface area contributed by atoms with Gasteiger partial charge in [0.25, 0.3) is 0 Å². The van der Waals surface area contributed by atoms with E-state index in [-0.39, 0.29) is 0 Å². The number of aryl methyl sites for hydroxylation is 1. The van der Waals surface area contributed by atoms with E-state index in [4.69, 9.17) is 0 Å². The van der Waals surface area contributed by atoms with E-state index in [1.807, 2.05) is 0 Å². The molecule has 0 bridgehead atoms. The highest BCUT2D eigenvalue weighted by atomic mass is 32.2. The summed E-state index contributed by atoms with van der Waals surface area (Å²) in [6.07, 6.45) is 11.8. The zero-order valence-electron chi connectivity index (χ0n) is 12.0. The van der Waals surface area contributed by atoms with Gasteiger partial charge in [0.1, 0.15) is 0 Å². The molecule has 0 aromatic heterocycles. The Morgan fingerprint density at radius 3 is 2.79 bits per heavy atom. The third kappa shape index (κ3) is 2.85. The topological polar surface area (TPSA) is 12.0 Å². The van der Waals surface area contributed by atoms with E-state index in [2.05, 4.69) is 47.6 Å². The summed E-state index contributed by atoms with van der Waals surface area (Å²) in [5, 5.41) is 3.89. The van der Waals surface area contributed by atoms with Gasteiger partial charge in [-0.25, -0.2) is 0 Å². The van der Waals surface area contributed by atoms with Gasteiger partial charge in [-0.15, -0.1) is 0 Å². The first-order valence-electron chi connectivity index (χ1n) is 7.69. The van der Waals surface area contributed by atoms with E-state index in [1.54, 1.807) is 11.1 Å². The van der Waals surface area contributed by atoms with E-state index in [9.17, 15) is 0 Å². The van der Waals surface area contributed by atoms with Crippen molar-refractivity contribution in [1.82, 2.24) is 5.32 Å². The minimum Gasteiger partial charge on any atom is -0.309 e. The van der Waals surface area contributed by atoms with Gasteiger partial charge in [-0.3, -0.25) is 0 Å². The molecule has 0 saturated heterocycles. The molecule has 1 nitrogen and oxygen atoms in total. The number of hydrogen-bond donors (Lipinski definition) is 1. The third-order valence-corrected chi connectivity index (χ3v) is 6.41. The van der Waals surface area contributed by atoms with Crippen LogP contribution < -0.4 is 5.32 Å². The second-order valence-corrected chi connectivity index (χ2v) is 7.39. The molecule has 3 rings (SSSR count).